The zero-order valence-electron chi connectivity index (χ0n) is 20.2. The third kappa shape index (κ3) is 3.70. The zero-order valence-corrected chi connectivity index (χ0v) is 21.0. The first kappa shape index (κ1) is 24.7. The molecule has 0 radical (unpaired) electrons. The van der Waals surface area contributed by atoms with Gasteiger partial charge in [-0.3, -0.25) is 4.79 Å². The fraction of sp³-hybridized carbons (Fsp3) is 0.444. The molecule has 8 nitrogen and oxygen atoms in total. The summed E-state index contributed by atoms with van der Waals surface area (Å²) in [6.07, 6.45) is 6.16. The summed E-state index contributed by atoms with van der Waals surface area (Å²) in [5.74, 6) is -0.499. The minimum atomic E-state index is -1.84. The van der Waals surface area contributed by atoms with Crippen molar-refractivity contribution in [3.8, 4) is 17.1 Å². The number of aromatic nitrogens is 2. The molecule has 0 saturated heterocycles. The number of esters is 1. The number of ether oxygens (including phenoxy) is 1. The van der Waals surface area contributed by atoms with E-state index in [1.807, 2.05) is 6.07 Å². The highest BCUT2D eigenvalue weighted by Gasteiger charge is 2.45. The van der Waals surface area contributed by atoms with Gasteiger partial charge in [0.2, 0.25) is 0 Å². The molecule has 0 spiro atoms. The molecule has 0 amide bonds. The smallest absolute Gasteiger partial charge is 0.343 e. The molecule has 1 aromatic carbocycles. The van der Waals surface area contributed by atoms with E-state index in [0.29, 0.717) is 41.6 Å². The van der Waals surface area contributed by atoms with Crippen molar-refractivity contribution in [2.75, 3.05) is 0 Å². The summed E-state index contributed by atoms with van der Waals surface area (Å²) in [7, 11) is 0. The highest BCUT2D eigenvalue weighted by atomic mass is 35.5. The van der Waals surface area contributed by atoms with E-state index in [0.717, 1.165) is 34.9 Å². The van der Waals surface area contributed by atoms with Gasteiger partial charge in [0, 0.05) is 34.7 Å². The number of carbonyl (C=O) groups excluding carboxylic acids is 1. The van der Waals surface area contributed by atoms with Crippen LogP contribution in [0.5, 0.6) is 5.75 Å². The molecule has 4 heterocycles. The molecule has 1 saturated carbocycles. The van der Waals surface area contributed by atoms with Crippen LogP contribution in [0.25, 0.3) is 22.3 Å². The first-order chi connectivity index (χ1) is 16.9. The molecule has 36 heavy (non-hydrogen) atoms. The predicted molar refractivity (Wildman–Crippen MR) is 137 cm³/mol. The van der Waals surface area contributed by atoms with Crippen LogP contribution in [0.2, 0.25) is 0 Å². The second-order valence-corrected chi connectivity index (χ2v) is 9.94. The molecule has 9 heteroatoms. The average Bonchev–Trinajstić information content (AvgIpc) is 3.23. The maximum Gasteiger partial charge on any atom is 0.343 e. The molecule has 2 aromatic heterocycles. The predicted octanol–water partition coefficient (Wildman–Crippen LogP) is 3.63. The Hall–Kier alpha value is -2.94. The first-order valence-electron chi connectivity index (χ1n) is 12.5. The number of phenols is 1. The van der Waals surface area contributed by atoms with Crippen LogP contribution in [0.1, 0.15) is 67.7 Å². The lowest BCUT2D eigenvalue weighted by molar-refractivity contribution is -0.172. The van der Waals surface area contributed by atoms with Crippen LogP contribution >= 0.6 is 12.4 Å². The third-order valence-electron chi connectivity index (χ3n) is 7.95. The van der Waals surface area contributed by atoms with Gasteiger partial charge < -0.3 is 24.8 Å². The highest BCUT2D eigenvalue weighted by molar-refractivity contribution is 5.89. The fourth-order valence-electron chi connectivity index (χ4n) is 5.84. The topological polar surface area (TPSA) is 114 Å². The van der Waals surface area contributed by atoms with E-state index in [9.17, 15) is 19.8 Å². The van der Waals surface area contributed by atoms with Crippen LogP contribution in [0.4, 0.5) is 0 Å². The molecule has 0 unspecified atom stereocenters. The van der Waals surface area contributed by atoms with Crippen molar-refractivity contribution in [1.29, 1.82) is 0 Å². The zero-order chi connectivity index (χ0) is 24.3. The van der Waals surface area contributed by atoms with Crippen LogP contribution in [0.3, 0.4) is 0 Å². The number of aliphatic hydroxyl groups is 1. The summed E-state index contributed by atoms with van der Waals surface area (Å²) in [6.45, 7) is 2.43. The molecule has 1 fully saturated rings. The molecular formula is C27H30ClN3O5. The number of hydrogen-bond donors (Lipinski definition) is 3. The van der Waals surface area contributed by atoms with Gasteiger partial charge >= 0.3 is 5.97 Å². The van der Waals surface area contributed by atoms with E-state index >= 15 is 0 Å². The third-order valence-corrected chi connectivity index (χ3v) is 7.95. The summed E-state index contributed by atoms with van der Waals surface area (Å²) in [5, 5.41) is 26.2. The van der Waals surface area contributed by atoms with E-state index in [-0.39, 0.29) is 36.7 Å². The van der Waals surface area contributed by atoms with Gasteiger partial charge in [-0.2, -0.15) is 0 Å². The second kappa shape index (κ2) is 9.18. The van der Waals surface area contributed by atoms with E-state index in [1.54, 1.807) is 29.7 Å². The molecule has 3 aliphatic rings. The van der Waals surface area contributed by atoms with Crippen molar-refractivity contribution in [1.82, 2.24) is 14.9 Å². The number of benzene rings is 1. The normalized spacial score (nSPS) is 20.9. The summed E-state index contributed by atoms with van der Waals surface area (Å²) < 4.78 is 6.77. The van der Waals surface area contributed by atoms with Crippen LogP contribution in [-0.4, -0.2) is 31.8 Å². The van der Waals surface area contributed by atoms with Gasteiger partial charge in [0.25, 0.3) is 5.56 Å². The van der Waals surface area contributed by atoms with Gasteiger partial charge in [0.05, 0.1) is 29.0 Å². The van der Waals surface area contributed by atoms with E-state index < -0.39 is 11.6 Å². The lowest BCUT2D eigenvalue weighted by atomic mass is 9.86. The standard InChI is InChI=1S/C27H29N3O5.ClH/c1-2-27(34)20-11-22-24-15(13-30(22)25(32)19(20)14-35-26(27)33)10-17-18(23(31)9-8-21(17)29-24)12-28-16-6-4-3-5-7-16;/h8-11,16,28,31,34H,2-7,12-14H2,1H3;1H/t27-;/m0./s1. The van der Waals surface area contributed by atoms with Crippen LogP contribution in [0, 0.1) is 0 Å². The summed E-state index contributed by atoms with van der Waals surface area (Å²) >= 11 is 0. The highest BCUT2D eigenvalue weighted by Crippen LogP contribution is 2.39. The number of cyclic esters (lactones) is 1. The second-order valence-electron chi connectivity index (χ2n) is 9.94. The summed E-state index contributed by atoms with van der Waals surface area (Å²) in [5.41, 5.74) is 2.15. The number of aromatic hydroxyl groups is 1. The van der Waals surface area contributed by atoms with Crippen LogP contribution in [0.15, 0.2) is 29.1 Å². The van der Waals surface area contributed by atoms with Gasteiger partial charge in [-0.25, -0.2) is 9.78 Å². The number of halogens is 1. The van der Waals surface area contributed by atoms with E-state index in [1.165, 1.54) is 19.3 Å². The number of hydrogen-bond acceptors (Lipinski definition) is 7. The molecular weight excluding hydrogens is 482 g/mol. The lowest BCUT2D eigenvalue weighted by Gasteiger charge is -2.31. The maximum atomic E-state index is 13.4. The molecule has 2 aliphatic heterocycles. The van der Waals surface area contributed by atoms with Gasteiger partial charge in [0.1, 0.15) is 12.4 Å². The minimum Gasteiger partial charge on any atom is -0.508 e. The number of fused-ring (bicyclic) bond motifs is 5. The van der Waals surface area contributed by atoms with Crippen molar-refractivity contribution in [2.45, 2.75) is 76.8 Å². The Balaban J connectivity index is 0.00000267. The molecule has 1 aliphatic carbocycles. The Morgan fingerprint density at radius 2 is 1.97 bits per heavy atom. The number of nitrogens with zero attached hydrogens (tertiary/aromatic N) is 2. The molecule has 0 bridgehead atoms. The Morgan fingerprint density at radius 1 is 1.19 bits per heavy atom. The minimum absolute atomic E-state index is 0. The van der Waals surface area contributed by atoms with Crippen LogP contribution < -0.4 is 10.9 Å². The Kier molecular flexibility index (Phi) is 6.31. The van der Waals surface area contributed by atoms with E-state index in [4.69, 9.17) is 9.72 Å². The molecule has 190 valence electrons. The van der Waals surface area contributed by atoms with Crippen molar-refractivity contribution >= 4 is 29.3 Å². The van der Waals surface area contributed by atoms with Gasteiger partial charge in [0.15, 0.2) is 5.60 Å². The maximum absolute atomic E-state index is 13.4. The monoisotopic (exact) mass is 511 g/mol. The van der Waals surface area contributed by atoms with Gasteiger partial charge in [-0.15, -0.1) is 12.4 Å². The van der Waals surface area contributed by atoms with Gasteiger partial charge in [-0.05, 0) is 43.5 Å². The first-order valence-corrected chi connectivity index (χ1v) is 12.5. The van der Waals surface area contributed by atoms with Crippen molar-refractivity contribution in [3.63, 3.8) is 0 Å². The summed E-state index contributed by atoms with van der Waals surface area (Å²) in [6, 6.07) is 7.64. The van der Waals surface area contributed by atoms with E-state index in [2.05, 4.69) is 5.32 Å². The molecule has 6 rings (SSSR count). The number of rotatable bonds is 4. The average molecular weight is 512 g/mol. The number of carbonyl (C=O) groups is 1. The van der Waals surface area contributed by atoms with Crippen molar-refractivity contribution in [2.24, 2.45) is 0 Å². The fourth-order valence-corrected chi connectivity index (χ4v) is 5.84. The lowest BCUT2D eigenvalue weighted by Crippen LogP contribution is -2.44. The van der Waals surface area contributed by atoms with Crippen molar-refractivity contribution in [3.05, 3.63) is 56.9 Å². The Bertz CT molecular complexity index is 1430. The SMILES string of the molecule is CC[C@@]1(O)C(=O)OCc2c1cc1n(c2=O)Cc2cc3c(CNC4CCCCC4)c(O)ccc3nc2-1.Cl. The number of nitrogens with one attached hydrogen (secondary N) is 1. The largest absolute Gasteiger partial charge is 0.508 e. The van der Waals surface area contributed by atoms with Crippen LogP contribution in [-0.2, 0) is 34.8 Å². The molecule has 3 aromatic rings. The molecule has 1 atom stereocenters. The Morgan fingerprint density at radius 3 is 2.72 bits per heavy atom. The number of pyridine rings is 2. The molecule has 3 N–H and O–H groups in total. The summed E-state index contributed by atoms with van der Waals surface area (Å²) in [4.78, 5) is 30.6. The Labute approximate surface area is 214 Å². The quantitative estimate of drug-likeness (QED) is 0.358. The van der Waals surface area contributed by atoms with Crippen molar-refractivity contribution < 1.29 is 19.7 Å². The number of phenolic OH excluding ortho intramolecular Hbond substituents is 1. The van der Waals surface area contributed by atoms with Gasteiger partial charge in [-0.1, -0.05) is 26.2 Å².